The van der Waals surface area contributed by atoms with Gasteiger partial charge in [-0.25, -0.2) is 4.98 Å². The summed E-state index contributed by atoms with van der Waals surface area (Å²) in [5.41, 5.74) is 1.72. The second kappa shape index (κ2) is 7.66. The Morgan fingerprint density at radius 3 is 2.36 bits per heavy atom. The molecule has 4 rings (SSSR count). The zero-order valence-corrected chi connectivity index (χ0v) is 15.6. The highest BCUT2D eigenvalue weighted by Gasteiger charge is 2.15. The van der Waals surface area contributed by atoms with Gasteiger partial charge in [-0.1, -0.05) is 54.1 Å². The van der Waals surface area contributed by atoms with Gasteiger partial charge >= 0.3 is 0 Å². The van der Waals surface area contributed by atoms with Crippen LogP contribution in [0.5, 0.6) is 0 Å². The van der Waals surface area contributed by atoms with Crippen molar-refractivity contribution in [2.24, 2.45) is 0 Å². The van der Waals surface area contributed by atoms with Crippen LogP contribution in [0.2, 0.25) is 5.02 Å². The van der Waals surface area contributed by atoms with Gasteiger partial charge in [-0.2, -0.15) is 0 Å². The molecule has 0 bridgehead atoms. The SMILES string of the molecule is O=C(Cn1c(-c2ccccc2)nc2ccccc2c1=O)Nc1ccc(Cl)cc1. The Labute approximate surface area is 166 Å². The number of carbonyl (C=O) groups is 1. The third-order valence-corrected chi connectivity index (χ3v) is 4.58. The summed E-state index contributed by atoms with van der Waals surface area (Å²) in [5.74, 6) is 0.134. The van der Waals surface area contributed by atoms with Gasteiger partial charge in [0.25, 0.3) is 5.56 Å². The number of rotatable bonds is 4. The first-order valence-electron chi connectivity index (χ1n) is 8.72. The molecule has 0 aliphatic rings. The first-order chi connectivity index (χ1) is 13.6. The fourth-order valence-corrected chi connectivity index (χ4v) is 3.13. The van der Waals surface area contributed by atoms with Crippen molar-refractivity contribution in [3.05, 3.63) is 94.2 Å². The molecule has 0 spiro atoms. The van der Waals surface area contributed by atoms with Crippen LogP contribution in [0.25, 0.3) is 22.3 Å². The van der Waals surface area contributed by atoms with E-state index in [0.29, 0.717) is 27.4 Å². The van der Waals surface area contributed by atoms with Gasteiger partial charge < -0.3 is 5.32 Å². The third-order valence-electron chi connectivity index (χ3n) is 4.32. The quantitative estimate of drug-likeness (QED) is 0.564. The van der Waals surface area contributed by atoms with E-state index in [1.807, 2.05) is 36.4 Å². The van der Waals surface area contributed by atoms with Crippen molar-refractivity contribution in [2.75, 3.05) is 5.32 Å². The van der Waals surface area contributed by atoms with Gasteiger partial charge in [0.05, 0.1) is 10.9 Å². The van der Waals surface area contributed by atoms with E-state index in [9.17, 15) is 9.59 Å². The number of para-hydroxylation sites is 1. The summed E-state index contributed by atoms with van der Waals surface area (Å²) < 4.78 is 1.41. The van der Waals surface area contributed by atoms with Crippen LogP contribution in [0.3, 0.4) is 0 Å². The molecule has 0 fully saturated rings. The second-order valence-corrected chi connectivity index (χ2v) is 6.70. The number of fused-ring (bicyclic) bond motifs is 1. The topological polar surface area (TPSA) is 64.0 Å². The van der Waals surface area contributed by atoms with E-state index in [-0.39, 0.29) is 18.0 Å². The van der Waals surface area contributed by atoms with E-state index < -0.39 is 0 Å². The minimum Gasteiger partial charge on any atom is -0.325 e. The number of carbonyl (C=O) groups excluding carboxylic acids is 1. The van der Waals surface area contributed by atoms with Crippen LogP contribution in [0.15, 0.2) is 83.7 Å². The molecule has 0 atom stereocenters. The molecule has 0 unspecified atom stereocenters. The Balaban J connectivity index is 1.76. The molecule has 6 heteroatoms. The molecular formula is C22H16ClN3O2. The van der Waals surface area contributed by atoms with Crippen LogP contribution in [-0.4, -0.2) is 15.5 Å². The standard InChI is InChI=1S/C22H16ClN3O2/c23-16-10-12-17(13-11-16)24-20(27)14-26-21(15-6-2-1-3-7-15)25-19-9-5-4-8-18(19)22(26)28/h1-13H,14H2,(H,24,27). The zero-order chi connectivity index (χ0) is 19.5. The monoisotopic (exact) mass is 389 g/mol. The minimum atomic E-state index is -0.321. The lowest BCUT2D eigenvalue weighted by atomic mass is 10.2. The van der Waals surface area contributed by atoms with Crippen LogP contribution in [-0.2, 0) is 11.3 Å². The molecule has 0 radical (unpaired) electrons. The third kappa shape index (κ3) is 3.66. The van der Waals surface area contributed by atoms with Gasteiger partial charge in [0.1, 0.15) is 12.4 Å². The molecule has 1 heterocycles. The molecule has 28 heavy (non-hydrogen) atoms. The highest BCUT2D eigenvalue weighted by molar-refractivity contribution is 6.30. The maximum Gasteiger partial charge on any atom is 0.262 e. The van der Waals surface area contributed by atoms with Gasteiger partial charge in [0.15, 0.2) is 0 Å². The molecule has 3 aromatic carbocycles. The molecular weight excluding hydrogens is 374 g/mol. The minimum absolute atomic E-state index is 0.149. The van der Waals surface area contributed by atoms with Crippen molar-refractivity contribution in [1.29, 1.82) is 0 Å². The summed E-state index contributed by atoms with van der Waals surface area (Å²) >= 11 is 5.88. The summed E-state index contributed by atoms with van der Waals surface area (Å²) in [6.07, 6.45) is 0. The van der Waals surface area contributed by atoms with Gasteiger partial charge in [-0.15, -0.1) is 0 Å². The Morgan fingerprint density at radius 1 is 0.929 bits per heavy atom. The van der Waals surface area contributed by atoms with Gasteiger partial charge in [-0.05, 0) is 36.4 Å². The Hall–Kier alpha value is -3.44. The first-order valence-corrected chi connectivity index (χ1v) is 9.10. The Kier molecular flexibility index (Phi) is 4.91. The summed E-state index contributed by atoms with van der Waals surface area (Å²) in [6, 6.07) is 23.3. The lowest BCUT2D eigenvalue weighted by Gasteiger charge is -2.14. The number of aromatic nitrogens is 2. The molecule has 0 saturated carbocycles. The van der Waals surface area contributed by atoms with Crippen molar-refractivity contribution >= 4 is 34.1 Å². The van der Waals surface area contributed by atoms with Crippen LogP contribution < -0.4 is 10.9 Å². The molecule has 5 nitrogen and oxygen atoms in total. The molecule has 1 aromatic heterocycles. The van der Waals surface area contributed by atoms with Gasteiger partial charge in [-0.3, -0.25) is 14.2 Å². The number of benzene rings is 3. The van der Waals surface area contributed by atoms with Crippen LogP contribution in [0.1, 0.15) is 0 Å². The fourth-order valence-electron chi connectivity index (χ4n) is 3.00. The smallest absolute Gasteiger partial charge is 0.262 e. The van der Waals surface area contributed by atoms with E-state index in [4.69, 9.17) is 11.6 Å². The molecule has 4 aromatic rings. The predicted octanol–water partition coefficient (Wildman–Crippen LogP) is 4.36. The molecule has 1 amide bonds. The van der Waals surface area contributed by atoms with E-state index in [1.165, 1.54) is 4.57 Å². The van der Waals surface area contributed by atoms with Gasteiger partial charge in [0, 0.05) is 16.3 Å². The highest BCUT2D eigenvalue weighted by atomic mass is 35.5. The molecule has 1 N–H and O–H groups in total. The van der Waals surface area contributed by atoms with E-state index in [2.05, 4.69) is 10.3 Å². The van der Waals surface area contributed by atoms with Gasteiger partial charge in [0.2, 0.25) is 5.91 Å². The normalized spacial score (nSPS) is 10.8. The fraction of sp³-hybridized carbons (Fsp3) is 0.0455. The number of halogens is 1. The summed E-state index contributed by atoms with van der Waals surface area (Å²) in [7, 11) is 0. The maximum absolute atomic E-state index is 13.1. The Morgan fingerprint density at radius 2 is 1.61 bits per heavy atom. The van der Waals surface area contributed by atoms with Crippen molar-refractivity contribution in [1.82, 2.24) is 9.55 Å². The number of nitrogens with zero attached hydrogens (tertiary/aromatic N) is 2. The second-order valence-electron chi connectivity index (χ2n) is 6.26. The average Bonchev–Trinajstić information content (AvgIpc) is 2.72. The number of hydrogen-bond acceptors (Lipinski definition) is 3. The van der Waals surface area contributed by atoms with E-state index in [0.717, 1.165) is 5.56 Å². The number of hydrogen-bond donors (Lipinski definition) is 1. The summed E-state index contributed by atoms with van der Waals surface area (Å²) in [5, 5.41) is 3.84. The largest absolute Gasteiger partial charge is 0.325 e. The van der Waals surface area contributed by atoms with E-state index >= 15 is 0 Å². The number of nitrogens with one attached hydrogen (secondary N) is 1. The maximum atomic E-state index is 13.1. The molecule has 0 aliphatic carbocycles. The Bertz CT molecular complexity index is 1200. The van der Waals surface area contributed by atoms with Crippen molar-refractivity contribution < 1.29 is 4.79 Å². The molecule has 0 saturated heterocycles. The number of amides is 1. The average molecular weight is 390 g/mol. The summed E-state index contributed by atoms with van der Waals surface area (Å²) in [4.78, 5) is 30.3. The number of anilines is 1. The lowest BCUT2D eigenvalue weighted by Crippen LogP contribution is -2.29. The summed E-state index contributed by atoms with van der Waals surface area (Å²) in [6.45, 7) is -0.149. The molecule has 138 valence electrons. The predicted molar refractivity (Wildman–Crippen MR) is 112 cm³/mol. The lowest BCUT2D eigenvalue weighted by molar-refractivity contribution is -0.116. The van der Waals surface area contributed by atoms with Crippen molar-refractivity contribution in [3.8, 4) is 11.4 Å². The van der Waals surface area contributed by atoms with Crippen LogP contribution in [0.4, 0.5) is 5.69 Å². The van der Waals surface area contributed by atoms with Crippen LogP contribution in [0, 0.1) is 0 Å². The van der Waals surface area contributed by atoms with E-state index in [1.54, 1.807) is 42.5 Å². The van der Waals surface area contributed by atoms with Crippen LogP contribution >= 0.6 is 11.6 Å². The zero-order valence-electron chi connectivity index (χ0n) is 14.8. The first kappa shape index (κ1) is 17.9. The molecule has 0 aliphatic heterocycles. The van der Waals surface area contributed by atoms with Crippen molar-refractivity contribution in [3.63, 3.8) is 0 Å². The van der Waals surface area contributed by atoms with Crippen molar-refractivity contribution in [2.45, 2.75) is 6.54 Å². The highest BCUT2D eigenvalue weighted by Crippen LogP contribution is 2.19.